The Hall–Kier alpha value is 0.170. The molecule has 0 aromatic carbocycles. The van der Waals surface area contributed by atoms with Crippen LogP contribution in [0.2, 0.25) is 0 Å². The predicted octanol–water partition coefficient (Wildman–Crippen LogP) is 1.41. The van der Waals surface area contributed by atoms with Gasteiger partial charge in [0.05, 0.1) is 12.3 Å². The molecule has 4 rings (SSSR count). The van der Waals surface area contributed by atoms with E-state index < -0.39 is 0 Å². The molecule has 17 heavy (non-hydrogen) atoms. The second kappa shape index (κ2) is 3.83. The van der Waals surface area contributed by atoms with Crippen LogP contribution >= 0.6 is 12.4 Å². The molecular weight excluding hydrogens is 236 g/mol. The quantitative estimate of drug-likeness (QED) is 0.772. The SMILES string of the molecule is CC(C)C1N2CC3(C)CN1CC(C)(C2)C3O.Cl. The van der Waals surface area contributed by atoms with E-state index in [-0.39, 0.29) is 29.3 Å². The second-order valence-corrected chi connectivity index (χ2v) is 7.18. The molecule has 0 aromatic rings. The Morgan fingerprint density at radius 1 is 1.00 bits per heavy atom. The molecule has 0 unspecified atom stereocenters. The third-order valence-corrected chi connectivity index (χ3v) is 4.92. The number of rotatable bonds is 1. The number of hydrogen-bond donors (Lipinski definition) is 1. The lowest BCUT2D eigenvalue weighted by Crippen LogP contribution is -2.80. The second-order valence-electron chi connectivity index (χ2n) is 7.18. The van der Waals surface area contributed by atoms with E-state index in [1.165, 1.54) is 0 Å². The van der Waals surface area contributed by atoms with Crippen LogP contribution < -0.4 is 0 Å². The van der Waals surface area contributed by atoms with Crippen LogP contribution in [0.1, 0.15) is 27.7 Å². The first-order valence-corrected chi connectivity index (χ1v) is 6.52. The molecule has 4 aliphatic heterocycles. The van der Waals surface area contributed by atoms with Crippen LogP contribution in [0.5, 0.6) is 0 Å². The van der Waals surface area contributed by atoms with Crippen molar-refractivity contribution >= 4 is 12.4 Å². The van der Waals surface area contributed by atoms with Gasteiger partial charge in [0.15, 0.2) is 0 Å². The lowest BCUT2D eigenvalue weighted by molar-refractivity contribution is -0.258. The number of aliphatic hydroxyl groups is 1. The Balaban J connectivity index is 0.00000108. The van der Waals surface area contributed by atoms with Crippen molar-refractivity contribution in [1.29, 1.82) is 0 Å². The van der Waals surface area contributed by atoms with Gasteiger partial charge < -0.3 is 5.11 Å². The van der Waals surface area contributed by atoms with Crippen molar-refractivity contribution in [1.82, 2.24) is 9.80 Å². The third-order valence-electron chi connectivity index (χ3n) is 4.92. The highest BCUT2D eigenvalue weighted by Crippen LogP contribution is 2.51. The first-order valence-electron chi connectivity index (χ1n) is 6.52. The Morgan fingerprint density at radius 3 is 1.65 bits per heavy atom. The maximum atomic E-state index is 10.5. The molecule has 4 heteroatoms. The number of hydrogen-bond acceptors (Lipinski definition) is 3. The normalized spacial score (nSPS) is 56.1. The van der Waals surface area contributed by atoms with E-state index in [2.05, 4.69) is 37.5 Å². The van der Waals surface area contributed by atoms with Gasteiger partial charge in [-0.3, -0.25) is 9.80 Å². The highest BCUT2D eigenvalue weighted by atomic mass is 35.5. The molecule has 4 bridgehead atoms. The fourth-order valence-corrected chi connectivity index (χ4v) is 4.70. The summed E-state index contributed by atoms with van der Waals surface area (Å²) < 4.78 is 0. The van der Waals surface area contributed by atoms with Crippen molar-refractivity contribution in [2.75, 3.05) is 26.2 Å². The Kier molecular flexibility index (Phi) is 3.06. The van der Waals surface area contributed by atoms with Gasteiger partial charge in [0.2, 0.25) is 0 Å². The van der Waals surface area contributed by atoms with Crippen molar-refractivity contribution in [3.05, 3.63) is 0 Å². The van der Waals surface area contributed by atoms with Crippen LogP contribution in [0.3, 0.4) is 0 Å². The van der Waals surface area contributed by atoms with Gasteiger partial charge in [0.25, 0.3) is 0 Å². The molecule has 0 aliphatic carbocycles. The van der Waals surface area contributed by atoms with Crippen LogP contribution in [0, 0.1) is 16.7 Å². The van der Waals surface area contributed by atoms with Gasteiger partial charge in [-0.1, -0.05) is 27.7 Å². The van der Waals surface area contributed by atoms with E-state index in [1.54, 1.807) is 0 Å². The number of halogens is 1. The van der Waals surface area contributed by atoms with E-state index in [4.69, 9.17) is 0 Å². The van der Waals surface area contributed by atoms with E-state index in [0.29, 0.717) is 12.1 Å². The summed E-state index contributed by atoms with van der Waals surface area (Å²) >= 11 is 0. The van der Waals surface area contributed by atoms with E-state index in [0.717, 1.165) is 26.2 Å². The number of aliphatic hydroxyl groups excluding tert-OH is 1. The van der Waals surface area contributed by atoms with E-state index in [1.807, 2.05) is 0 Å². The van der Waals surface area contributed by atoms with Gasteiger partial charge in [0, 0.05) is 37.0 Å². The van der Waals surface area contributed by atoms with Crippen molar-refractivity contribution in [3.63, 3.8) is 0 Å². The molecule has 0 atom stereocenters. The molecular formula is C13H25ClN2O. The Bertz CT molecular complexity index is 283. The minimum absolute atomic E-state index is 0. The standard InChI is InChI=1S/C13H24N2O.ClH/c1-9(2)10-14-5-12(3)6-15(10)8-13(4,7-14)11(12)16;/h9-11,16H,5-8H2,1-4H3;1H. The highest BCUT2D eigenvalue weighted by Gasteiger charge is 2.61. The summed E-state index contributed by atoms with van der Waals surface area (Å²) in [5.41, 5.74) is 0.188. The number of piperidine rings is 2. The third kappa shape index (κ3) is 1.66. The molecule has 1 N–H and O–H groups in total. The molecule has 4 saturated heterocycles. The molecule has 0 spiro atoms. The van der Waals surface area contributed by atoms with Crippen LogP contribution in [-0.2, 0) is 0 Å². The first kappa shape index (κ1) is 13.6. The summed E-state index contributed by atoms with van der Waals surface area (Å²) in [6, 6.07) is 0. The van der Waals surface area contributed by atoms with Crippen molar-refractivity contribution in [2.45, 2.75) is 40.0 Å². The van der Waals surface area contributed by atoms with Gasteiger partial charge in [-0.05, 0) is 5.92 Å². The summed E-state index contributed by atoms with van der Waals surface area (Å²) in [5.74, 6) is 0.685. The van der Waals surface area contributed by atoms with Crippen LogP contribution in [-0.4, -0.2) is 53.4 Å². The molecule has 0 amide bonds. The largest absolute Gasteiger partial charge is 0.392 e. The van der Waals surface area contributed by atoms with Gasteiger partial charge in [-0.25, -0.2) is 0 Å². The van der Waals surface area contributed by atoms with Crippen LogP contribution in [0.15, 0.2) is 0 Å². The van der Waals surface area contributed by atoms with Crippen LogP contribution in [0.4, 0.5) is 0 Å². The van der Waals surface area contributed by atoms with Crippen molar-refractivity contribution < 1.29 is 5.11 Å². The molecule has 4 heterocycles. The summed E-state index contributed by atoms with van der Waals surface area (Å²) in [6.45, 7) is 13.4. The highest BCUT2D eigenvalue weighted by molar-refractivity contribution is 5.85. The molecule has 0 radical (unpaired) electrons. The zero-order chi connectivity index (χ0) is 11.7. The maximum Gasteiger partial charge on any atom is 0.0696 e. The maximum absolute atomic E-state index is 10.5. The Morgan fingerprint density at radius 2 is 1.35 bits per heavy atom. The molecule has 4 fully saturated rings. The van der Waals surface area contributed by atoms with Crippen LogP contribution in [0.25, 0.3) is 0 Å². The fraction of sp³-hybridized carbons (Fsp3) is 1.00. The summed E-state index contributed by atoms with van der Waals surface area (Å²) in [5, 5.41) is 10.5. The van der Waals surface area contributed by atoms with Gasteiger partial charge >= 0.3 is 0 Å². The number of nitrogens with zero attached hydrogens (tertiary/aromatic N) is 2. The van der Waals surface area contributed by atoms with Gasteiger partial charge in [0.1, 0.15) is 0 Å². The first-order chi connectivity index (χ1) is 7.36. The average molecular weight is 261 g/mol. The minimum Gasteiger partial charge on any atom is -0.392 e. The lowest BCUT2D eigenvalue weighted by atomic mass is 9.60. The molecule has 0 aromatic heterocycles. The van der Waals surface area contributed by atoms with Crippen molar-refractivity contribution in [2.24, 2.45) is 16.7 Å². The zero-order valence-electron chi connectivity index (χ0n) is 11.3. The summed E-state index contributed by atoms with van der Waals surface area (Å²) in [4.78, 5) is 5.20. The van der Waals surface area contributed by atoms with Gasteiger partial charge in [-0.2, -0.15) is 0 Å². The van der Waals surface area contributed by atoms with E-state index >= 15 is 0 Å². The topological polar surface area (TPSA) is 26.7 Å². The fourth-order valence-electron chi connectivity index (χ4n) is 4.70. The summed E-state index contributed by atoms with van der Waals surface area (Å²) in [6.07, 6.45) is 0.481. The smallest absolute Gasteiger partial charge is 0.0696 e. The molecule has 3 nitrogen and oxygen atoms in total. The Labute approximate surface area is 111 Å². The predicted molar refractivity (Wildman–Crippen MR) is 71.2 cm³/mol. The van der Waals surface area contributed by atoms with Crippen molar-refractivity contribution in [3.8, 4) is 0 Å². The summed E-state index contributed by atoms with van der Waals surface area (Å²) in [7, 11) is 0. The molecule has 0 saturated carbocycles. The minimum atomic E-state index is -0.124. The lowest BCUT2D eigenvalue weighted by Gasteiger charge is -2.69. The average Bonchev–Trinajstić information content (AvgIpc) is 2.11. The monoisotopic (exact) mass is 260 g/mol. The molecule has 100 valence electrons. The van der Waals surface area contributed by atoms with E-state index in [9.17, 15) is 5.11 Å². The zero-order valence-corrected chi connectivity index (χ0v) is 12.1. The van der Waals surface area contributed by atoms with Gasteiger partial charge in [-0.15, -0.1) is 12.4 Å². The molecule has 4 aliphatic rings.